The molecular formula is C9H17NO2S. The van der Waals surface area contributed by atoms with Crippen molar-refractivity contribution in [2.75, 3.05) is 18.8 Å². The highest BCUT2D eigenvalue weighted by Gasteiger charge is 2.26. The summed E-state index contributed by atoms with van der Waals surface area (Å²) in [5, 5.41) is 3.16. The van der Waals surface area contributed by atoms with Gasteiger partial charge in [0.15, 0.2) is 0 Å². The lowest BCUT2D eigenvalue weighted by atomic mass is 10.2. The molecule has 0 bridgehead atoms. The van der Waals surface area contributed by atoms with Crippen LogP contribution >= 0.6 is 11.8 Å². The maximum Gasteiger partial charge on any atom is 0.320 e. The molecule has 1 rings (SSSR count). The van der Waals surface area contributed by atoms with Crippen LogP contribution in [0.5, 0.6) is 0 Å². The number of hydrogen-bond acceptors (Lipinski definition) is 4. The molecule has 0 spiro atoms. The normalized spacial score (nSPS) is 24.1. The minimum absolute atomic E-state index is 0.0204. The van der Waals surface area contributed by atoms with Crippen molar-refractivity contribution in [3.63, 3.8) is 0 Å². The maximum absolute atomic E-state index is 11.5. The molecule has 0 unspecified atom stereocenters. The van der Waals surface area contributed by atoms with Gasteiger partial charge in [-0.2, -0.15) is 0 Å². The van der Waals surface area contributed by atoms with Gasteiger partial charge in [0, 0.05) is 18.8 Å². The monoisotopic (exact) mass is 203 g/mol. The van der Waals surface area contributed by atoms with Gasteiger partial charge < -0.3 is 10.1 Å². The second-order valence-corrected chi connectivity index (χ2v) is 5.41. The van der Waals surface area contributed by atoms with Gasteiger partial charge in [-0.1, -0.05) is 0 Å². The van der Waals surface area contributed by atoms with E-state index in [1.54, 1.807) is 11.8 Å². The first-order chi connectivity index (χ1) is 5.99. The predicted octanol–water partition coefficient (Wildman–Crippen LogP) is 1.03. The standard InChI is InChI=1S/C9H17NO2S/c1-9(2,3)12-8(11)7-6-10-4-5-13-7/h7,10H,4-6H2,1-3H3/t7-/m0/s1. The quantitative estimate of drug-likeness (QED) is 0.646. The minimum Gasteiger partial charge on any atom is -0.459 e. The second-order valence-electron chi connectivity index (χ2n) is 4.10. The molecular weight excluding hydrogens is 186 g/mol. The van der Waals surface area contributed by atoms with E-state index in [9.17, 15) is 4.79 Å². The first-order valence-corrected chi connectivity index (χ1v) is 5.59. The first-order valence-electron chi connectivity index (χ1n) is 4.54. The number of esters is 1. The Morgan fingerprint density at radius 2 is 2.23 bits per heavy atom. The van der Waals surface area contributed by atoms with E-state index in [1.165, 1.54) is 0 Å². The van der Waals surface area contributed by atoms with Gasteiger partial charge in [-0.3, -0.25) is 4.79 Å². The Bertz CT molecular complexity index is 183. The molecule has 0 aromatic heterocycles. The Morgan fingerprint density at radius 1 is 1.54 bits per heavy atom. The molecule has 0 aromatic carbocycles. The van der Waals surface area contributed by atoms with Crippen molar-refractivity contribution in [3.05, 3.63) is 0 Å². The molecule has 76 valence electrons. The van der Waals surface area contributed by atoms with Crippen molar-refractivity contribution in [2.24, 2.45) is 0 Å². The van der Waals surface area contributed by atoms with Crippen molar-refractivity contribution in [1.29, 1.82) is 0 Å². The first kappa shape index (κ1) is 10.9. The number of ether oxygens (including phenoxy) is 1. The molecule has 1 aliphatic rings. The highest BCUT2D eigenvalue weighted by atomic mass is 32.2. The molecule has 1 fully saturated rings. The van der Waals surface area contributed by atoms with E-state index < -0.39 is 0 Å². The van der Waals surface area contributed by atoms with E-state index >= 15 is 0 Å². The number of nitrogens with one attached hydrogen (secondary N) is 1. The topological polar surface area (TPSA) is 38.3 Å². The van der Waals surface area contributed by atoms with Crippen LogP contribution in [0.15, 0.2) is 0 Å². The summed E-state index contributed by atoms with van der Waals surface area (Å²) < 4.78 is 5.28. The van der Waals surface area contributed by atoms with Crippen LogP contribution in [0.1, 0.15) is 20.8 Å². The highest BCUT2D eigenvalue weighted by molar-refractivity contribution is 8.00. The van der Waals surface area contributed by atoms with Crippen LogP contribution in [0.25, 0.3) is 0 Å². The number of rotatable bonds is 1. The zero-order valence-electron chi connectivity index (χ0n) is 8.42. The van der Waals surface area contributed by atoms with Crippen LogP contribution in [0.2, 0.25) is 0 Å². The summed E-state index contributed by atoms with van der Waals surface area (Å²) in [5.41, 5.74) is -0.366. The van der Waals surface area contributed by atoms with Gasteiger partial charge in [0.1, 0.15) is 10.9 Å². The molecule has 1 saturated heterocycles. The summed E-state index contributed by atoms with van der Waals surface area (Å²) in [7, 11) is 0. The van der Waals surface area contributed by atoms with Crippen LogP contribution in [0.4, 0.5) is 0 Å². The smallest absolute Gasteiger partial charge is 0.320 e. The molecule has 1 heterocycles. The Labute approximate surface area is 83.6 Å². The van der Waals surface area contributed by atoms with Gasteiger partial charge in [-0.25, -0.2) is 0 Å². The Morgan fingerprint density at radius 3 is 2.69 bits per heavy atom. The van der Waals surface area contributed by atoms with E-state index in [0.717, 1.165) is 18.8 Å². The van der Waals surface area contributed by atoms with Crippen molar-refractivity contribution < 1.29 is 9.53 Å². The highest BCUT2D eigenvalue weighted by Crippen LogP contribution is 2.18. The van der Waals surface area contributed by atoms with Gasteiger partial charge in [0.05, 0.1) is 0 Å². The fraction of sp³-hybridized carbons (Fsp3) is 0.889. The van der Waals surface area contributed by atoms with E-state index in [4.69, 9.17) is 4.74 Å². The van der Waals surface area contributed by atoms with Gasteiger partial charge in [-0.15, -0.1) is 11.8 Å². The molecule has 4 heteroatoms. The molecule has 0 aromatic rings. The summed E-state index contributed by atoms with van der Waals surface area (Å²) in [4.78, 5) is 11.5. The Hall–Kier alpha value is -0.220. The molecule has 1 aliphatic heterocycles. The average Bonchev–Trinajstić information content (AvgIpc) is 2.03. The van der Waals surface area contributed by atoms with Gasteiger partial charge in [0.2, 0.25) is 0 Å². The van der Waals surface area contributed by atoms with E-state index in [2.05, 4.69) is 5.32 Å². The molecule has 0 radical (unpaired) electrons. The van der Waals surface area contributed by atoms with Crippen LogP contribution in [-0.2, 0) is 9.53 Å². The number of hydrogen-bond donors (Lipinski definition) is 1. The molecule has 0 amide bonds. The lowest BCUT2D eigenvalue weighted by Gasteiger charge is -2.26. The van der Waals surface area contributed by atoms with Crippen LogP contribution in [-0.4, -0.2) is 35.7 Å². The summed E-state index contributed by atoms with van der Waals surface area (Å²) in [6.45, 7) is 7.41. The summed E-state index contributed by atoms with van der Waals surface area (Å²) in [5.74, 6) is 0.897. The minimum atomic E-state index is -0.366. The van der Waals surface area contributed by atoms with Crippen molar-refractivity contribution in [1.82, 2.24) is 5.32 Å². The van der Waals surface area contributed by atoms with Crippen molar-refractivity contribution >= 4 is 17.7 Å². The lowest BCUT2D eigenvalue weighted by molar-refractivity contribution is -0.154. The second kappa shape index (κ2) is 4.33. The lowest BCUT2D eigenvalue weighted by Crippen LogP contribution is -2.40. The third-order valence-corrected chi connectivity index (χ3v) is 2.80. The molecule has 0 saturated carbocycles. The third kappa shape index (κ3) is 4.00. The van der Waals surface area contributed by atoms with Crippen LogP contribution < -0.4 is 5.32 Å². The Balaban J connectivity index is 2.38. The fourth-order valence-corrected chi connectivity index (χ4v) is 2.05. The summed E-state index contributed by atoms with van der Waals surface area (Å²) in [6.07, 6.45) is 0. The molecule has 1 atom stereocenters. The van der Waals surface area contributed by atoms with Gasteiger partial charge in [-0.05, 0) is 20.8 Å². The third-order valence-electron chi connectivity index (χ3n) is 1.60. The maximum atomic E-state index is 11.5. The molecule has 13 heavy (non-hydrogen) atoms. The SMILES string of the molecule is CC(C)(C)OC(=O)[C@@H]1CNCCS1. The van der Waals surface area contributed by atoms with E-state index in [1.807, 2.05) is 20.8 Å². The molecule has 1 N–H and O–H groups in total. The Kier molecular flexibility index (Phi) is 3.62. The zero-order valence-corrected chi connectivity index (χ0v) is 9.24. The largest absolute Gasteiger partial charge is 0.459 e. The van der Waals surface area contributed by atoms with Gasteiger partial charge >= 0.3 is 5.97 Å². The number of carbonyl (C=O) groups is 1. The average molecular weight is 203 g/mol. The van der Waals surface area contributed by atoms with Crippen LogP contribution in [0, 0.1) is 0 Å². The molecule has 3 nitrogen and oxygen atoms in total. The summed E-state index contributed by atoms with van der Waals surface area (Å²) in [6, 6.07) is 0. The van der Waals surface area contributed by atoms with Crippen molar-refractivity contribution in [2.45, 2.75) is 31.6 Å². The van der Waals surface area contributed by atoms with Crippen molar-refractivity contribution in [3.8, 4) is 0 Å². The van der Waals surface area contributed by atoms with E-state index in [0.29, 0.717) is 0 Å². The van der Waals surface area contributed by atoms with E-state index in [-0.39, 0.29) is 16.8 Å². The summed E-state index contributed by atoms with van der Waals surface area (Å²) >= 11 is 1.67. The number of thioether (sulfide) groups is 1. The molecule has 0 aliphatic carbocycles. The van der Waals surface area contributed by atoms with Crippen LogP contribution in [0.3, 0.4) is 0 Å². The predicted molar refractivity (Wildman–Crippen MR) is 55.0 cm³/mol. The number of carbonyl (C=O) groups excluding carboxylic acids is 1. The van der Waals surface area contributed by atoms with Gasteiger partial charge in [0.25, 0.3) is 0 Å². The fourth-order valence-electron chi connectivity index (χ4n) is 1.08. The zero-order chi connectivity index (χ0) is 9.90.